The van der Waals surface area contributed by atoms with Gasteiger partial charge in [-0.3, -0.25) is 4.90 Å². The molecular formula is C62H37NO2. The second-order valence-corrected chi connectivity index (χ2v) is 21.7. The molecule has 14 aromatic carbocycles. The standard InChI is InChI=1S/C62H37NO2/c1-63-23-37-36-20-34-18-31-16-32-15-29-14-30-17-33-19-35-22-62(37,61(63)28-12-13-38(64-24-26-8-4-2-5-9-26)39(21-28)65-25-27-10-6-3-7-11-27)60-46(35)51-45(33)50-41(30)40(29)48-44(32)49-42(31)43(34)52-47(36)59(60)58-56(51)54(50)53(48)55(49)57(52)58/h2-17,19,21,34,37,43,61H,18,20,22-25H2,1H3. The van der Waals surface area contributed by atoms with Crippen LogP contribution in [0, 0.1) is 11.8 Å². The molecule has 0 bridgehead atoms. The van der Waals surface area contributed by atoms with Crippen LogP contribution in [0.15, 0.2) is 109 Å². The van der Waals surface area contributed by atoms with Gasteiger partial charge in [-0.15, -0.1) is 0 Å². The summed E-state index contributed by atoms with van der Waals surface area (Å²) in [5, 5.41) is 33.3. The lowest BCUT2D eigenvalue weighted by Gasteiger charge is -2.44. The molecule has 20 rings (SSSR count). The monoisotopic (exact) mass is 827 g/mol. The fraction of sp³-hybridized carbons (Fsp3) is 0.194. The normalized spacial score (nSPS) is 23.9. The molecule has 0 radical (unpaired) electrons. The fourth-order valence-corrected chi connectivity index (χ4v) is 17.7. The maximum Gasteiger partial charge on any atom is 0.162 e. The molecule has 0 aromatic heterocycles. The van der Waals surface area contributed by atoms with Crippen molar-refractivity contribution in [1.82, 2.24) is 4.90 Å². The Morgan fingerprint density at radius 3 is 1.82 bits per heavy atom. The summed E-state index contributed by atoms with van der Waals surface area (Å²) >= 11 is 0. The number of benzene rings is 10. The third-order valence-corrected chi connectivity index (χ3v) is 19.2. The number of likely N-dealkylation sites (tertiary alicyclic amines) is 1. The highest BCUT2D eigenvalue weighted by atomic mass is 16.5. The average Bonchev–Trinajstić information content (AvgIpc) is 4.19. The first-order valence-corrected chi connectivity index (χ1v) is 24.1. The second kappa shape index (κ2) is 9.69. The minimum atomic E-state index is -0.105. The molecule has 1 aliphatic heterocycles. The molecule has 14 aromatic rings. The van der Waals surface area contributed by atoms with Crippen molar-refractivity contribution < 1.29 is 9.47 Å². The molecule has 6 aliphatic rings. The molecule has 1 heterocycles. The van der Waals surface area contributed by atoms with Crippen molar-refractivity contribution in [2.24, 2.45) is 11.8 Å². The minimum absolute atomic E-state index is 0.105. The van der Waals surface area contributed by atoms with Gasteiger partial charge in [0.2, 0.25) is 0 Å². The van der Waals surface area contributed by atoms with E-state index < -0.39 is 0 Å². The van der Waals surface area contributed by atoms with Gasteiger partial charge in [-0.2, -0.15) is 0 Å². The highest BCUT2D eigenvalue weighted by Gasteiger charge is 2.63. The lowest BCUT2D eigenvalue weighted by atomic mass is 9.58. The van der Waals surface area contributed by atoms with Crippen molar-refractivity contribution in [2.45, 2.75) is 49.9 Å². The Bertz CT molecular complexity index is 4570. The van der Waals surface area contributed by atoms with Gasteiger partial charge < -0.3 is 9.47 Å². The predicted molar refractivity (Wildman–Crippen MR) is 264 cm³/mol. The summed E-state index contributed by atoms with van der Waals surface area (Å²) in [4.78, 5) is 2.77. The molecule has 302 valence electrons. The van der Waals surface area contributed by atoms with Crippen molar-refractivity contribution in [2.75, 3.05) is 13.6 Å². The lowest BCUT2D eigenvalue weighted by molar-refractivity contribution is 0.238. The van der Waals surface area contributed by atoms with Gasteiger partial charge in [0.05, 0.1) is 0 Å². The third-order valence-electron chi connectivity index (χ3n) is 19.2. The van der Waals surface area contributed by atoms with Crippen LogP contribution in [0.4, 0.5) is 0 Å². The van der Waals surface area contributed by atoms with E-state index in [4.69, 9.17) is 9.47 Å². The zero-order valence-electron chi connectivity index (χ0n) is 35.7. The summed E-state index contributed by atoms with van der Waals surface area (Å²) in [6.07, 6.45) is 3.48. The highest BCUT2D eigenvalue weighted by molar-refractivity contribution is 6.62. The van der Waals surface area contributed by atoms with E-state index in [1.165, 1.54) is 45.3 Å². The number of nitrogens with zero attached hydrogens (tertiary/aromatic N) is 1. The molecule has 1 fully saturated rings. The van der Waals surface area contributed by atoms with Crippen LogP contribution in [0.2, 0.25) is 0 Å². The molecule has 5 aliphatic carbocycles. The van der Waals surface area contributed by atoms with E-state index in [0.717, 1.165) is 35.6 Å². The average molecular weight is 828 g/mol. The molecule has 3 heteroatoms. The Balaban J connectivity index is 0.921. The Kier molecular flexibility index (Phi) is 4.74. The Morgan fingerprint density at radius 2 is 1.09 bits per heavy atom. The largest absolute Gasteiger partial charge is 0.485 e. The zero-order valence-corrected chi connectivity index (χ0v) is 35.7. The molecule has 0 amide bonds. The van der Waals surface area contributed by atoms with E-state index in [-0.39, 0.29) is 11.5 Å². The van der Waals surface area contributed by atoms with E-state index in [1.54, 1.807) is 119 Å². The second-order valence-electron chi connectivity index (χ2n) is 21.7. The number of hydrogen-bond acceptors (Lipinski definition) is 3. The van der Waals surface area contributed by atoms with Crippen LogP contribution in [0.25, 0.3) is 113 Å². The molecule has 0 saturated carbocycles. The maximum absolute atomic E-state index is 6.88. The van der Waals surface area contributed by atoms with Crippen LogP contribution in [-0.4, -0.2) is 18.5 Å². The zero-order chi connectivity index (χ0) is 41.2. The van der Waals surface area contributed by atoms with Gasteiger partial charge in [0.15, 0.2) is 11.5 Å². The first-order valence-electron chi connectivity index (χ1n) is 24.1. The van der Waals surface area contributed by atoms with E-state index in [1.807, 2.05) is 0 Å². The maximum atomic E-state index is 6.88. The Morgan fingerprint density at radius 1 is 0.523 bits per heavy atom. The van der Waals surface area contributed by atoms with E-state index in [0.29, 0.717) is 31.0 Å². The summed E-state index contributed by atoms with van der Waals surface area (Å²) in [5.41, 5.74) is 13.8. The molecule has 1 saturated heterocycles. The van der Waals surface area contributed by atoms with Gasteiger partial charge in [-0.05, 0) is 220 Å². The topological polar surface area (TPSA) is 21.7 Å². The molecule has 3 nitrogen and oxygen atoms in total. The van der Waals surface area contributed by atoms with Gasteiger partial charge in [0.25, 0.3) is 0 Å². The Labute approximate surface area is 371 Å². The van der Waals surface area contributed by atoms with Crippen LogP contribution in [0.3, 0.4) is 0 Å². The summed E-state index contributed by atoms with van der Waals surface area (Å²) in [6, 6.07) is 41.4. The van der Waals surface area contributed by atoms with Crippen LogP contribution in [0.1, 0.15) is 62.9 Å². The van der Waals surface area contributed by atoms with Gasteiger partial charge in [-0.1, -0.05) is 84.4 Å². The molecule has 65 heavy (non-hydrogen) atoms. The molecule has 1 spiro atoms. The minimum Gasteiger partial charge on any atom is -0.485 e. The summed E-state index contributed by atoms with van der Waals surface area (Å²) < 4.78 is 13.5. The SMILES string of the molecule is CN1CC2C3=c4c5c6c7c4c4c8c(cc9cc%10cc%11cc%12cc%13c(c%14c%12c%12c%11c%10c%10c9c8c7c%10c%12c%146)C5C(C3)C%13)CC42C1c1ccc(OCc2ccccc2)c(OCc2ccccc2)c1. The van der Waals surface area contributed by atoms with E-state index in [2.05, 4.69) is 121 Å². The molecule has 0 N–H and O–H groups in total. The van der Waals surface area contributed by atoms with Crippen LogP contribution < -0.4 is 14.7 Å². The Hall–Kier alpha value is -6.94. The smallest absolute Gasteiger partial charge is 0.162 e. The number of hydrogen-bond donors (Lipinski definition) is 0. The number of rotatable bonds is 7. The van der Waals surface area contributed by atoms with Gasteiger partial charge >= 0.3 is 0 Å². The van der Waals surface area contributed by atoms with Crippen molar-refractivity contribution >= 4 is 113 Å². The molecule has 5 unspecified atom stereocenters. The van der Waals surface area contributed by atoms with Gasteiger partial charge in [-0.25, -0.2) is 0 Å². The number of fused-ring (bicyclic) bond motifs is 1. The fourth-order valence-electron chi connectivity index (χ4n) is 17.7. The van der Waals surface area contributed by atoms with Crippen LogP contribution in [-0.2, 0) is 31.5 Å². The van der Waals surface area contributed by atoms with E-state index >= 15 is 0 Å². The number of ether oxygens (including phenoxy) is 2. The van der Waals surface area contributed by atoms with Crippen LogP contribution >= 0.6 is 0 Å². The third kappa shape index (κ3) is 3.03. The lowest BCUT2D eigenvalue weighted by Crippen LogP contribution is -2.44. The summed E-state index contributed by atoms with van der Waals surface area (Å²) in [6.45, 7) is 2.06. The highest BCUT2D eigenvalue weighted by Crippen LogP contribution is 2.72. The summed E-state index contributed by atoms with van der Waals surface area (Å²) in [7, 11) is 2.44. The van der Waals surface area contributed by atoms with Gasteiger partial charge in [0.1, 0.15) is 13.2 Å². The summed E-state index contributed by atoms with van der Waals surface area (Å²) in [5.74, 6) is 3.20. The van der Waals surface area contributed by atoms with Crippen molar-refractivity contribution in [3.8, 4) is 11.5 Å². The first-order chi connectivity index (χ1) is 32.1. The molecular weight excluding hydrogens is 791 g/mol. The first kappa shape index (κ1) is 31.8. The van der Waals surface area contributed by atoms with Crippen molar-refractivity contribution in [3.63, 3.8) is 0 Å². The number of likely N-dealkylation sites (N-methyl/N-ethyl adjacent to an activating group) is 1. The van der Waals surface area contributed by atoms with Gasteiger partial charge in [0, 0.05) is 29.8 Å². The van der Waals surface area contributed by atoms with Crippen molar-refractivity contribution in [3.05, 3.63) is 159 Å². The predicted octanol–water partition coefficient (Wildman–Crippen LogP) is 13.4. The quantitative estimate of drug-likeness (QED) is 0.149. The van der Waals surface area contributed by atoms with Crippen LogP contribution in [0.5, 0.6) is 11.5 Å². The van der Waals surface area contributed by atoms with E-state index in [9.17, 15) is 0 Å². The molecule has 5 atom stereocenters. The van der Waals surface area contributed by atoms with Crippen molar-refractivity contribution in [1.29, 1.82) is 0 Å².